The monoisotopic (exact) mass is 260 g/mol. The Morgan fingerprint density at radius 2 is 1.06 bits per heavy atom. The summed E-state index contributed by atoms with van der Waals surface area (Å²) in [5, 5.41) is 0. The topological polar surface area (TPSA) is 0 Å². The normalized spacial score (nSPS) is 9.17. The fraction of sp³-hybridized carbons (Fsp3) is 0.294. The second-order valence-corrected chi connectivity index (χ2v) is 4.65. The van der Waals surface area contributed by atoms with Crippen LogP contribution in [0.5, 0.6) is 0 Å². The number of hydrogen-bond donors (Lipinski definition) is 0. The molecule has 0 saturated carbocycles. The molecule has 0 atom stereocenters. The van der Waals surface area contributed by atoms with Gasteiger partial charge in [-0.05, 0) is 36.5 Å². The molecule has 0 aliphatic carbocycles. The fourth-order valence-electron chi connectivity index (χ4n) is 1.50. The smallest absolute Gasteiger partial charge is 0.0219 e. The summed E-state index contributed by atoms with van der Waals surface area (Å²) in [5.74, 6) is 0.659. The molecule has 0 nitrogen and oxygen atoms in total. The molecule has 0 aromatic heterocycles. The van der Waals surface area contributed by atoms with Crippen molar-refractivity contribution in [2.75, 3.05) is 0 Å². The summed E-state index contributed by atoms with van der Waals surface area (Å²) in [6.45, 7) is 8.65. The van der Waals surface area contributed by atoms with E-state index in [0.29, 0.717) is 5.92 Å². The molecular weight excluding hydrogens is 236 g/mol. The molecule has 0 heterocycles. The quantitative estimate of drug-likeness (QED) is 0.659. The highest BCUT2D eigenvalue weighted by Crippen LogP contribution is 2.11. The largest absolute Gasteiger partial charge is 0.197 e. The molecule has 0 aliphatic rings. The Balaban J connectivity index is 0.000000306. The third-order valence-corrected chi connectivity index (χ3v) is 2.89. The minimum absolute atomic E-state index is 0. The predicted octanol–water partition coefficient (Wildman–Crippen LogP) is 5.23. The van der Waals surface area contributed by atoms with Gasteiger partial charge in [0.25, 0.3) is 0 Å². The summed E-state index contributed by atoms with van der Waals surface area (Å²) in [7, 11) is 0. The van der Waals surface area contributed by atoms with E-state index in [2.05, 4.69) is 76.2 Å². The lowest BCUT2D eigenvalue weighted by Gasteiger charge is -2.01. The lowest BCUT2D eigenvalue weighted by Crippen LogP contribution is -1.83. The molecular formula is C17H24S. The predicted molar refractivity (Wildman–Crippen MR) is 86.8 cm³/mol. The maximum Gasteiger partial charge on any atom is -0.0219 e. The number of rotatable bonds is 1. The van der Waals surface area contributed by atoms with E-state index in [9.17, 15) is 0 Å². The van der Waals surface area contributed by atoms with Crippen LogP contribution in [0.25, 0.3) is 0 Å². The van der Waals surface area contributed by atoms with Crippen molar-refractivity contribution in [3.05, 3.63) is 71.3 Å². The summed E-state index contributed by atoms with van der Waals surface area (Å²) >= 11 is 0. The van der Waals surface area contributed by atoms with Gasteiger partial charge in [-0.25, -0.2) is 0 Å². The number of hydrogen-bond acceptors (Lipinski definition) is 0. The molecule has 0 radical (unpaired) electrons. The fourth-order valence-corrected chi connectivity index (χ4v) is 1.50. The number of aryl methyl sites for hydroxylation is 2. The average molecular weight is 260 g/mol. The first kappa shape index (κ1) is 16.8. The van der Waals surface area contributed by atoms with E-state index < -0.39 is 0 Å². The summed E-state index contributed by atoms with van der Waals surface area (Å²) in [5.41, 5.74) is 4.15. The van der Waals surface area contributed by atoms with E-state index in [0.717, 1.165) is 0 Å². The zero-order valence-corrected chi connectivity index (χ0v) is 12.8. The van der Waals surface area contributed by atoms with Crippen molar-refractivity contribution in [3.63, 3.8) is 0 Å². The van der Waals surface area contributed by atoms with Crippen molar-refractivity contribution in [3.8, 4) is 0 Å². The van der Waals surface area contributed by atoms with E-state index in [1.54, 1.807) is 0 Å². The number of benzene rings is 2. The minimum Gasteiger partial charge on any atom is -0.197 e. The molecule has 2 aromatic rings. The van der Waals surface area contributed by atoms with Gasteiger partial charge in [0.2, 0.25) is 0 Å². The molecule has 0 spiro atoms. The van der Waals surface area contributed by atoms with Crippen molar-refractivity contribution in [1.82, 2.24) is 0 Å². The second kappa shape index (κ2) is 8.82. The summed E-state index contributed by atoms with van der Waals surface area (Å²) in [4.78, 5) is 0. The Morgan fingerprint density at radius 1 is 0.667 bits per heavy atom. The highest BCUT2D eigenvalue weighted by atomic mass is 32.1. The van der Waals surface area contributed by atoms with Gasteiger partial charge >= 0.3 is 0 Å². The van der Waals surface area contributed by atoms with Gasteiger partial charge in [0.1, 0.15) is 0 Å². The van der Waals surface area contributed by atoms with E-state index in [-0.39, 0.29) is 13.5 Å². The zero-order chi connectivity index (χ0) is 12.7. The van der Waals surface area contributed by atoms with Gasteiger partial charge in [-0.15, -0.1) is 0 Å². The van der Waals surface area contributed by atoms with Crippen LogP contribution in [-0.2, 0) is 0 Å². The van der Waals surface area contributed by atoms with Gasteiger partial charge in [0.05, 0.1) is 0 Å². The average Bonchev–Trinajstić information content (AvgIpc) is 2.35. The van der Waals surface area contributed by atoms with Crippen molar-refractivity contribution in [1.29, 1.82) is 0 Å². The summed E-state index contributed by atoms with van der Waals surface area (Å²) < 4.78 is 0. The molecule has 2 rings (SSSR count). The molecule has 98 valence electrons. The highest BCUT2D eigenvalue weighted by molar-refractivity contribution is 7.59. The van der Waals surface area contributed by atoms with Crippen LogP contribution in [0.2, 0.25) is 0 Å². The first-order valence-electron chi connectivity index (χ1n) is 6.18. The Hall–Kier alpha value is -1.21. The SMILES string of the molecule is CC(C)c1ccccc1.Cc1ccccc1C.S. The molecule has 0 bridgehead atoms. The highest BCUT2D eigenvalue weighted by Gasteiger charge is 1.93. The molecule has 0 fully saturated rings. The van der Waals surface area contributed by atoms with Gasteiger partial charge in [-0.2, -0.15) is 13.5 Å². The zero-order valence-electron chi connectivity index (χ0n) is 11.8. The van der Waals surface area contributed by atoms with Crippen LogP contribution in [0.3, 0.4) is 0 Å². The molecule has 0 aliphatic heterocycles. The van der Waals surface area contributed by atoms with Crippen LogP contribution in [0.4, 0.5) is 0 Å². The van der Waals surface area contributed by atoms with Crippen LogP contribution in [0.15, 0.2) is 54.6 Å². The minimum atomic E-state index is 0. The molecule has 0 saturated heterocycles. The molecule has 0 amide bonds. The van der Waals surface area contributed by atoms with Crippen LogP contribution in [-0.4, -0.2) is 0 Å². The third kappa shape index (κ3) is 5.92. The molecule has 1 heteroatoms. The summed E-state index contributed by atoms with van der Waals surface area (Å²) in [6, 6.07) is 18.9. The van der Waals surface area contributed by atoms with Gasteiger partial charge in [-0.1, -0.05) is 68.4 Å². The Kier molecular flexibility index (Phi) is 8.23. The first-order valence-corrected chi connectivity index (χ1v) is 6.18. The first-order chi connectivity index (χ1) is 8.11. The van der Waals surface area contributed by atoms with Crippen molar-refractivity contribution < 1.29 is 0 Å². The van der Waals surface area contributed by atoms with Crippen LogP contribution in [0, 0.1) is 13.8 Å². The molecule has 0 unspecified atom stereocenters. The van der Waals surface area contributed by atoms with Crippen molar-refractivity contribution in [2.24, 2.45) is 0 Å². The van der Waals surface area contributed by atoms with Crippen LogP contribution in [0.1, 0.15) is 36.5 Å². The van der Waals surface area contributed by atoms with E-state index >= 15 is 0 Å². The standard InChI is InChI=1S/C9H12.C8H10.H2S/c1-8(2)9-6-4-3-5-7-9;1-7-5-3-4-6-8(7)2;/h3-8H,1-2H3;3-6H,1-2H3;1H2. The maximum atomic E-state index is 2.20. The summed E-state index contributed by atoms with van der Waals surface area (Å²) in [6.07, 6.45) is 0. The van der Waals surface area contributed by atoms with Crippen LogP contribution < -0.4 is 0 Å². The lowest BCUT2D eigenvalue weighted by molar-refractivity contribution is 0.867. The van der Waals surface area contributed by atoms with Crippen molar-refractivity contribution in [2.45, 2.75) is 33.6 Å². The Bertz CT molecular complexity index is 411. The van der Waals surface area contributed by atoms with Gasteiger partial charge in [0, 0.05) is 0 Å². The van der Waals surface area contributed by atoms with Gasteiger partial charge in [-0.3, -0.25) is 0 Å². The van der Waals surface area contributed by atoms with E-state index in [1.165, 1.54) is 16.7 Å². The van der Waals surface area contributed by atoms with Gasteiger partial charge < -0.3 is 0 Å². The molecule has 18 heavy (non-hydrogen) atoms. The van der Waals surface area contributed by atoms with Crippen LogP contribution >= 0.6 is 13.5 Å². The van der Waals surface area contributed by atoms with E-state index in [1.807, 2.05) is 6.07 Å². The molecule has 2 aromatic carbocycles. The van der Waals surface area contributed by atoms with Gasteiger partial charge in [0.15, 0.2) is 0 Å². The second-order valence-electron chi connectivity index (χ2n) is 4.65. The van der Waals surface area contributed by atoms with E-state index in [4.69, 9.17) is 0 Å². The Labute approximate surface area is 119 Å². The Morgan fingerprint density at radius 3 is 1.33 bits per heavy atom. The maximum absolute atomic E-state index is 2.20. The lowest BCUT2D eigenvalue weighted by atomic mass is 10.0. The third-order valence-electron chi connectivity index (χ3n) is 2.89. The molecule has 0 N–H and O–H groups in total. The van der Waals surface area contributed by atoms with Crippen molar-refractivity contribution >= 4 is 13.5 Å².